The van der Waals surface area contributed by atoms with Gasteiger partial charge in [-0.05, 0) is 36.6 Å². The van der Waals surface area contributed by atoms with E-state index in [0.29, 0.717) is 11.4 Å². The molecule has 0 saturated heterocycles. The standard InChI is InChI=1S/C19H17N5O3S/c1-11-17(14-5-3-4-6-15(14)20-11)18(26)12(2)27-16(25)9-24-22-19(21-23-24)13-7-8-28-10-13/h3-8,10,12,20H,9H2,1-2H3/t12-/m0/s1. The van der Waals surface area contributed by atoms with Gasteiger partial charge in [-0.3, -0.25) is 4.79 Å². The van der Waals surface area contributed by atoms with Crippen molar-refractivity contribution in [2.45, 2.75) is 26.5 Å². The Morgan fingerprint density at radius 3 is 2.89 bits per heavy atom. The van der Waals surface area contributed by atoms with Gasteiger partial charge in [0, 0.05) is 33.1 Å². The molecule has 0 amide bonds. The molecule has 0 radical (unpaired) electrons. The summed E-state index contributed by atoms with van der Waals surface area (Å²) in [7, 11) is 0. The monoisotopic (exact) mass is 395 g/mol. The van der Waals surface area contributed by atoms with E-state index in [0.717, 1.165) is 27.0 Å². The summed E-state index contributed by atoms with van der Waals surface area (Å²) in [6.45, 7) is 3.17. The predicted octanol–water partition coefficient (Wildman–Crippen LogP) is 3.01. The van der Waals surface area contributed by atoms with Crippen molar-refractivity contribution < 1.29 is 14.3 Å². The number of aromatic nitrogens is 5. The van der Waals surface area contributed by atoms with Gasteiger partial charge in [0.05, 0.1) is 0 Å². The zero-order valence-electron chi connectivity index (χ0n) is 15.2. The minimum absolute atomic E-state index is 0.221. The summed E-state index contributed by atoms with van der Waals surface area (Å²) in [6, 6.07) is 9.40. The van der Waals surface area contributed by atoms with Crippen LogP contribution in [0, 0.1) is 6.92 Å². The maximum Gasteiger partial charge on any atom is 0.330 e. The number of nitrogens with one attached hydrogen (secondary N) is 1. The lowest BCUT2D eigenvalue weighted by molar-refractivity contribution is -0.147. The molecule has 4 aromatic rings. The second-order valence-electron chi connectivity index (χ2n) is 6.32. The maximum atomic E-state index is 12.8. The topological polar surface area (TPSA) is 103 Å². The molecule has 1 atom stereocenters. The van der Waals surface area contributed by atoms with E-state index in [2.05, 4.69) is 20.4 Å². The molecule has 1 aromatic carbocycles. The van der Waals surface area contributed by atoms with Gasteiger partial charge in [0.15, 0.2) is 12.6 Å². The van der Waals surface area contributed by atoms with Gasteiger partial charge in [0.25, 0.3) is 0 Å². The molecular weight excluding hydrogens is 378 g/mol. The van der Waals surface area contributed by atoms with Crippen molar-refractivity contribution in [2.75, 3.05) is 0 Å². The van der Waals surface area contributed by atoms with E-state index in [9.17, 15) is 9.59 Å². The lowest BCUT2D eigenvalue weighted by atomic mass is 10.0. The number of benzene rings is 1. The second kappa shape index (κ2) is 7.35. The van der Waals surface area contributed by atoms with Crippen LogP contribution in [-0.2, 0) is 16.1 Å². The highest BCUT2D eigenvalue weighted by atomic mass is 32.1. The normalized spacial score (nSPS) is 12.2. The Balaban J connectivity index is 1.44. The summed E-state index contributed by atoms with van der Waals surface area (Å²) < 4.78 is 5.31. The zero-order valence-corrected chi connectivity index (χ0v) is 16.1. The van der Waals surface area contributed by atoms with Crippen LogP contribution in [0.5, 0.6) is 0 Å². The third-order valence-electron chi connectivity index (χ3n) is 4.32. The third-order valence-corrected chi connectivity index (χ3v) is 5.00. The first-order valence-electron chi connectivity index (χ1n) is 8.64. The number of hydrogen-bond acceptors (Lipinski definition) is 7. The first-order valence-corrected chi connectivity index (χ1v) is 9.58. The van der Waals surface area contributed by atoms with E-state index in [-0.39, 0.29) is 12.3 Å². The van der Waals surface area contributed by atoms with Crippen LogP contribution in [-0.4, -0.2) is 43.0 Å². The second-order valence-corrected chi connectivity index (χ2v) is 7.10. The summed E-state index contributed by atoms with van der Waals surface area (Å²) in [6.07, 6.45) is -0.926. The molecule has 9 heteroatoms. The predicted molar refractivity (Wildman–Crippen MR) is 104 cm³/mol. The highest BCUT2D eigenvalue weighted by Gasteiger charge is 2.24. The number of esters is 1. The Kier molecular flexibility index (Phi) is 4.74. The number of thiophene rings is 1. The molecule has 8 nitrogen and oxygen atoms in total. The number of aryl methyl sites for hydroxylation is 1. The number of hydrogen-bond donors (Lipinski definition) is 1. The summed E-state index contributed by atoms with van der Waals surface area (Å²) in [5.41, 5.74) is 2.99. The minimum atomic E-state index is -0.926. The summed E-state index contributed by atoms with van der Waals surface area (Å²) in [5, 5.41) is 16.6. The molecule has 28 heavy (non-hydrogen) atoms. The molecule has 3 heterocycles. The molecule has 0 aliphatic rings. The number of ether oxygens (including phenoxy) is 1. The van der Waals surface area contributed by atoms with E-state index in [1.807, 2.05) is 48.0 Å². The molecule has 142 valence electrons. The molecule has 4 rings (SSSR count). The number of H-pyrrole nitrogens is 1. The van der Waals surface area contributed by atoms with Crippen molar-refractivity contribution in [1.29, 1.82) is 0 Å². The quantitative estimate of drug-likeness (QED) is 0.398. The Bertz CT molecular complexity index is 1150. The molecule has 0 fully saturated rings. The molecule has 1 N–H and O–H groups in total. The van der Waals surface area contributed by atoms with Gasteiger partial charge < -0.3 is 9.72 Å². The first kappa shape index (κ1) is 18.1. The van der Waals surface area contributed by atoms with E-state index in [4.69, 9.17) is 4.74 Å². The Labute approximate surface area is 164 Å². The van der Waals surface area contributed by atoms with Crippen LogP contribution < -0.4 is 0 Å². The van der Waals surface area contributed by atoms with Gasteiger partial charge >= 0.3 is 5.97 Å². The van der Waals surface area contributed by atoms with Crippen molar-refractivity contribution in [3.63, 3.8) is 0 Å². The Morgan fingerprint density at radius 1 is 1.29 bits per heavy atom. The van der Waals surface area contributed by atoms with E-state index >= 15 is 0 Å². The molecule has 0 spiro atoms. The number of ketones is 1. The fraction of sp³-hybridized carbons (Fsp3) is 0.211. The first-order chi connectivity index (χ1) is 13.5. The number of carbonyl (C=O) groups excluding carboxylic acids is 2. The summed E-state index contributed by atoms with van der Waals surface area (Å²) in [4.78, 5) is 29.4. The van der Waals surface area contributed by atoms with Crippen LogP contribution in [0.2, 0.25) is 0 Å². The van der Waals surface area contributed by atoms with Gasteiger partial charge in [-0.1, -0.05) is 18.2 Å². The highest BCUT2D eigenvalue weighted by Crippen LogP contribution is 2.24. The molecule has 0 aliphatic heterocycles. The number of nitrogens with zero attached hydrogens (tertiary/aromatic N) is 4. The largest absolute Gasteiger partial charge is 0.453 e. The smallest absolute Gasteiger partial charge is 0.330 e. The number of fused-ring (bicyclic) bond motifs is 1. The average Bonchev–Trinajstić information content (AvgIpc) is 3.39. The van der Waals surface area contributed by atoms with Crippen LogP contribution in [0.4, 0.5) is 0 Å². The van der Waals surface area contributed by atoms with Crippen molar-refractivity contribution in [3.8, 4) is 11.4 Å². The van der Waals surface area contributed by atoms with Gasteiger partial charge in [0.2, 0.25) is 11.6 Å². The van der Waals surface area contributed by atoms with Gasteiger partial charge in [-0.25, -0.2) is 4.79 Å². The molecular formula is C19H17N5O3S. The molecule has 0 saturated carbocycles. The van der Waals surface area contributed by atoms with Gasteiger partial charge in [-0.15, -0.1) is 10.2 Å². The summed E-state index contributed by atoms with van der Waals surface area (Å²) >= 11 is 1.52. The Hall–Kier alpha value is -3.33. The zero-order chi connectivity index (χ0) is 19.7. The highest BCUT2D eigenvalue weighted by molar-refractivity contribution is 7.08. The van der Waals surface area contributed by atoms with Gasteiger partial charge in [-0.2, -0.15) is 16.1 Å². The van der Waals surface area contributed by atoms with E-state index in [1.54, 1.807) is 6.92 Å². The lowest BCUT2D eigenvalue weighted by Gasteiger charge is -2.12. The number of Topliss-reactive ketones (excluding diaryl/α,β-unsaturated/α-hetero) is 1. The van der Waals surface area contributed by atoms with E-state index < -0.39 is 12.1 Å². The fourth-order valence-corrected chi connectivity index (χ4v) is 3.65. The number of rotatable bonds is 6. The maximum absolute atomic E-state index is 12.8. The van der Waals surface area contributed by atoms with Crippen LogP contribution in [0.25, 0.3) is 22.3 Å². The summed E-state index contributed by atoms with van der Waals surface area (Å²) in [5.74, 6) is -0.422. The average molecular weight is 395 g/mol. The van der Waals surface area contributed by atoms with Crippen LogP contribution in [0.3, 0.4) is 0 Å². The number of aromatic amines is 1. The van der Waals surface area contributed by atoms with Crippen molar-refractivity contribution in [1.82, 2.24) is 25.2 Å². The third kappa shape index (κ3) is 3.44. The van der Waals surface area contributed by atoms with Crippen molar-refractivity contribution >= 4 is 34.0 Å². The van der Waals surface area contributed by atoms with Crippen LogP contribution >= 0.6 is 11.3 Å². The van der Waals surface area contributed by atoms with Crippen LogP contribution in [0.1, 0.15) is 23.0 Å². The fourth-order valence-electron chi connectivity index (χ4n) is 3.02. The SMILES string of the molecule is Cc1[nH]c2ccccc2c1C(=O)[C@H](C)OC(=O)Cn1nnc(-c2ccsc2)n1. The molecule has 0 bridgehead atoms. The molecule has 0 aliphatic carbocycles. The van der Waals surface area contributed by atoms with E-state index in [1.165, 1.54) is 11.3 Å². The minimum Gasteiger partial charge on any atom is -0.453 e. The lowest BCUT2D eigenvalue weighted by Crippen LogP contribution is -2.27. The van der Waals surface area contributed by atoms with Crippen LogP contribution in [0.15, 0.2) is 41.1 Å². The molecule has 0 unspecified atom stereocenters. The number of carbonyl (C=O) groups is 2. The van der Waals surface area contributed by atoms with Crippen molar-refractivity contribution in [3.05, 3.63) is 52.3 Å². The Morgan fingerprint density at radius 2 is 2.11 bits per heavy atom. The number of para-hydroxylation sites is 1. The molecule has 3 aromatic heterocycles. The van der Waals surface area contributed by atoms with Crippen molar-refractivity contribution in [2.24, 2.45) is 0 Å². The van der Waals surface area contributed by atoms with Gasteiger partial charge in [0.1, 0.15) is 0 Å². The number of tetrazole rings is 1.